The Morgan fingerprint density at radius 1 is 0.484 bits per heavy atom. The average Bonchev–Trinajstić information content (AvgIpc) is 3.26. The van der Waals surface area contributed by atoms with Crippen LogP contribution in [-0.2, 0) is 14.3 Å². The van der Waals surface area contributed by atoms with Gasteiger partial charge in [0.2, 0.25) is 5.91 Å². The molecular weight excluding hydrogens is 767 g/mol. The van der Waals surface area contributed by atoms with Gasteiger partial charge in [-0.25, -0.2) is 0 Å². The van der Waals surface area contributed by atoms with E-state index in [0.717, 1.165) is 77.0 Å². The molecule has 62 heavy (non-hydrogen) atoms. The van der Waals surface area contributed by atoms with Crippen molar-refractivity contribution in [1.29, 1.82) is 0 Å². The number of aliphatic hydroxyl groups is 2. The van der Waals surface area contributed by atoms with E-state index in [2.05, 4.69) is 86.8 Å². The largest absolute Gasteiger partial charge is 0.462 e. The summed E-state index contributed by atoms with van der Waals surface area (Å²) in [5, 5.41) is 23.8. The highest BCUT2D eigenvalue weighted by Gasteiger charge is 2.24. The molecule has 0 aromatic carbocycles. The molecule has 1 amide bonds. The van der Waals surface area contributed by atoms with Crippen molar-refractivity contribution in [3.05, 3.63) is 60.8 Å². The van der Waals surface area contributed by atoms with E-state index < -0.39 is 18.2 Å². The van der Waals surface area contributed by atoms with Crippen LogP contribution in [0.3, 0.4) is 0 Å². The molecule has 0 radical (unpaired) electrons. The van der Waals surface area contributed by atoms with Crippen molar-refractivity contribution in [2.45, 2.75) is 277 Å². The number of carbonyl (C=O) groups is 2. The number of hydrogen-bond donors (Lipinski definition) is 3. The molecule has 0 aliphatic carbocycles. The van der Waals surface area contributed by atoms with Crippen LogP contribution in [0.5, 0.6) is 0 Å². The molecule has 0 fully saturated rings. The van der Waals surface area contributed by atoms with Gasteiger partial charge in [-0.3, -0.25) is 9.59 Å². The highest BCUT2D eigenvalue weighted by atomic mass is 16.5. The van der Waals surface area contributed by atoms with Crippen molar-refractivity contribution >= 4 is 11.9 Å². The molecule has 0 saturated heterocycles. The zero-order valence-electron chi connectivity index (χ0n) is 41.0. The minimum Gasteiger partial charge on any atom is -0.462 e. The Morgan fingerprint density at radius 2 is 0.855 bits per heavy atom. The highest BCUT2D eigenvalue weighted by molar-refractivity contribution is 5.77. The standard InChI is InChI=1S/C56H101NO5/c1-4-7-10-13-16-19-22-25-26-27-28-31-34-37-40-43-46-49-56(61)62-52(47-44-41-38-35-32-29-23-20-17-14-11-8-5-2)50-55(60)57-53(51-58)54(59)48-45-42-39-36-33-30-24-21-18-15-12-9-6-3/h7,10,16,19,25-26,28,31,37,40,52-54,58-59H,4-6,8-9,11-15,17-18,20-24,27,29-30,32-36,38-39,41-51H2,1-3H3,(H,57,60)/b10-7-,19-16-,26-25-,31-28-,40-37-. The van der Waals surface area contributed by atoms with E-state index in [-0.39, 0.29) is 24.9 Å². The lowest BCUT2D eigenvalue weighted by molar-refractivity contribution is -0.151. The zero-order valence-corrected chi connectivity index (χ0v) is 41.0. The van der Waals surface area contributed by atoms with Gasteiger partial charge < -0.3 is 20.3 Å². The van der Waals surface area contributed by atoms with Crippen LogP contribution in [0.25, 0.3) is 0 Å². The molecule has 0 aliphatic rings. The second-order valence-electron chi connectivity index (χ2n) is 17.9. The summed E-state index contributed by atoms with van der Waals surface area (Å²) in [6.45, 7) is 6.37. The van der Waals surface area contributed by atoms with E-state index in [1.54, 1.807) is 0 Å². The number of nitrogens with one attached hydrogen (secondary N) is 1. The molecular formula is C56H101NO5. The highest BCUT2D eigenvalue weighted by Crippen LogP contribution is 2.18. The smallest absolute Gasteiger partial charge is 0.306 e. The molecule has 0 aromatic rings. The van der Waals surface area contributed by atoms with Gasteiger partial charge in [0.1, 0.15) is 6.10 Å². The van der Waals surface area contributed by atoms with Crippen LogP contribution in [0.4, 0.5) is 0 Å². The molecule has 6 nitrogen and oxygen atoms in total. The Morgan fingerprint density at radius 3 is 1.26 bits per heavy atom. The van der Waals surface area contributed by atoms with Crippen molar-refractivity contribution < 1.29 is 24.5 Å². The minimum absolute atomic E-state index is 0.0563. The van der Waals surface area contributed by atoms with Crippen molar-refractivity contribution in [2.24, 2.45) is 0 Å². The number of carbonyl (C=O) groups excluding carboxylic acids is 2. The van der Waals surface area contributed by atoms with Gasteiger partial charge in [0, 0.05) is 6.42 Å². The Labute approximate surface area is 384 Å². The first-order valence-electron chi connectivity index (χ1n) is 26.5. The predicted octanol–water partition coefficient (Wildman–Crippen LogP) is 16.0. The normalized spacial score (nSPS) is 13.7. The Balaban J connectivity index is 4.64. The Bertz CT molecular complexity index is 1110. The maximum atomic E-state index is 13.2. The fourth-order valence-electron chi connectivity index (χ4n) is 7.88. The molecule has 0 aromatic heterocycles. The van der Waals surface area contributed by atoms with E-state index in [1.807, 2.05) is 0 Å². The molecule has 0 spiro atoms. The van der Waals surface area contributed by atoms with E-state index >= 15 is 0 Å². The van der Waals surface area contributed by atoms with Crippen molar-refractivity contribution in [3.8, 4) is 0 Å². The summed E-state index contributed by atoms with van der Waals surface area (Å²) in [5.41, 5.74) is 0. The monoisotopic (exact) mass is 868 g/mol. The van der Waals surface area contributed by atoms with E-state index in [9.17, 15) is 19.8 Å². The van der Waals surface area contributed by atoms with Gasteiger partial charge >= 0.3 is 5.97 Å². The van der Waals surface area contributed by atoms with Crippen LogP contribution in [0.15, 0.2) is 60.8 Å². The number of aliphatic hydroxyl groups excluding tert-OH is 2. The number of ether oxygens (including phenoxy) is 1. The fraction of sp³-hybridized carbons (Fsp3) is 0.786. The molecule has 0 saturated carbocycles. The van der Waals surface area contributed by atoms with E-state index in [0.29, 0.717) is 25.7 Å². The summed E-state index contributed by atoms with van der Waals surface area (Å²) in [6, 6.07) is -0.712. The lowest BCUT2D eigenvalue weighted by atomic mass is 10.0. The van der Waals surface area contributed by atoms with Crippen molar-refractivity contribution in [3.63, 3.8) is 0 Å². The number of hydrogen-bond acceptors (Lipinski definition) is 5. The van der Waals surface area contributed by atoms with Crippen LogP contribution >= 0.6 is 0 Å². The zero-order chi connectivity index (χ0) is 45.2. The maximum absolute atomic E-state index is 13.2. The second kappa shape index (κ2) is 49.6. The van der Waals surface area contributed by atoms with Crippen molar-refractivity contribution in [2.75, 3.05) is 6.61 Å². The quantitative estimate of drug-likeness (QED) is 0.0322. The third-order valence-electron chi connectivity index (χ3n) is 11.9. The van der Waals surface area contributed by atoms with Gasteiger partial charge in [-0.15, -0.1) is 0 Å². The number of rotatable bonds is 47. The molecule has 0 bridgehead atoms. The molecule has 0 aliphatic heterocycles. The van der Waals surface area contributed by atoms with Crippen LogP contribution in [0.2, 0.25) is 0 Å². The Kier molecular flexibility index (Phi) is 47.6. The van der Waals surface area contributed by atoms with Gasteiger partial charge in [-0.1, -0.05) is 242 Å². The number of esters is 1. The first kappa shape index (κ1) is 59.6. The van der Waals surface area contributed by atoms with Crippen LogP contribution in [0, 0.1) is 0 Å². The topological polar surface area (TPSA) is 95.9 Å². The molecule has 6 heteroatoms. The summed E-state index contributed by atoms with van der Waals surface area (Å²) in [7, 11) is 0. The SMILES string of the molecule is CC/C=C\C/C=C\C/C=C\C/C=C\C/C=C\CCCC(=O)OC(CCCCCCCCCCCCCCC)CC(=O)NC(CO)C(O)CCCCCCCCCCCCCCC. The molecule has 360 valence electrons. The lowest BCUT2D eigenvalue weighted by Gasteiger charge is -2.24. The summed E-state index contributed by atoms with van der Waals surface area (Å²) < 4.78 is 5.91. The first-order valence-corrected chi connectivity index (χ1v) is 26.5. The van der Waals surface area contributed by atoms with E-state index in [4.69, 9.17) is 4.74 Å². The van der Waals surface area contributed by atoms with E-state index in [1.165, 1.54) is 128 Å². The van der Waals surface area contributed by atoms with Crippen LogP contribution in [-0.4, -0.2) is 46.9 Å². The summed E-state index contributed by atoms with van der Waals surface area (Å²) in [4.78, 5) is 26.1. The summed E-state index contributed by atoms with van der Waals surface area (Å²) in [6.07, 6.45) is 61.4. The van der Waals surface area contributed by atoms with Gasteiger partial charge in [0.25, 0.3) is 0 Å². The second-order valence-corrected chi connectivity index (χ2v) is 17.9. The third-order valence-corrected chi connectivity index (χ3v) is 11.9. The summed E-state index contributed by atoms with van der Waals surface area (Å²) >= 11 is 0. The molecule has 3 atom stereocenters. The van der Waals surface area contributed by atoms with Crippen molar-refractivity contribution in [1.82, 2.24) is 5.32 Å². The molecule has 3 unspecified atom stereocenters. The number of unbranched alkanes of at least 4 members (excludes halogenated alkanes) is 25. The Hall–Kier alpha value is -2.44. The van der Waals surface area contributed by atoms with Gasteiger partial charge in [-0.2, -0.15) is 0 Å². The maximum Gasteiger partial charge on any atom is 0.306 e. The molecule has 0 rings (SSSR count). The van der Waals surface area contributed by atoms with Gasteiger partial charge in [-0.05, 0) is 64.2 Å². The summed E-state index contributed by atoms with van der Waals surface area (Å²) in [5.74, 6) is -0.536. The first-order chi connectivity index (χ1) is 30.5. The van der Waals surface area contributed by atoms with Crippen LogP contribution < -0.4 is 5.32 Å². The van der Waals surface area contributed by atoms with Gasteiger partial charge in [0.15, 0.2) is 0 Å². The third kappa shape index (κ3) is 44.2. The molecule has 0 heterocycles. The minimum atomic E-state index is -0.797. The lowest BCUT2D eigenvalue weighted by Crippen LogP contribution is -2.46. The molecule has 3 N–H and O–H groups in total. The van der Waals surface area contributed by atoms with Crippen LogP contribution in [0.1, 0.15) is 258 Å². The average molecular weight is 868 g/mol. The number of amides is 1. The number of allylic oxidation sites excluding steroid dienone is 10. The fourth-order valence-corrected chi connectivity index (χ4v) is 7.88. The predicted molar refractivity (Wildman–Crippen MR) is 268 cm³/mol. The van der Waals surface area contributed by atoms with Gasteiger partial charge in [0.05, 0.1) is 25.2 Å².